The van der Waals surface area contributed by atoms with Crippen molar-refractivity contribution >= 4 is 15.7 Å². The minimum atomic E-state index is -3.43. The lowest BCUT2D eigenvalue weighted by Crippen LogP contribution is -2.24. The molecule has 1 aromatic rings. The fourth-order valence-corrected chi connectivity index (χ4v) is 2.14. The third kappa shape index (κ3) is 3.57. The second-order valence-electron chi connectivity index (χ2n) is 3.14. The molecular formula is C11H14N2O2S. The first-order chi connectivity index (χ1) is 7.56. The predicted octanol–water partition coefficient (Wildman–Crippen LogP) is 0.961. The molecule has 0 amide bonds. The van der Waals surface area contributed by atoms with Crippen molar-refractivity contribution in [2.45, 2.75) is 18.2 Å². The molecule has 16 heavy (non-hydrogen) atoms. The Morgan fingerprint density at radius 3 is 2.50 bits per heavy atom. The first kappa shape index (κ1) is 12.6. The van der Waals surface area contributed by atoms with Crippen LogP contribution in [0.1, 0.15) is 13.3 Å². The summed E-state index contributed by atoms with van der Waals surface area (Å²) >= 11 is 0. The highest BCUT2D eigenvalue weighted by atomic mass is 32.2. The number of nitrogens with one attached hydrogen (secondary N) is 1. The van der Waals surface area contributed by atoms with Crippen molar-refractivity contribution in [3.05, 3.63) is 24.3 Å². The first-order valence-electron chi connectivity index (χ1n) is 4.81. The van der Waals surface area contributed by atoms with Gasteiger partial charge in [0, 0.05) is 18.7 Å². The van der Waals surface area contributed by atoms with E-state index in [1.807, 2.05) is 0 Å². The molecule has 0 saturated carbocycles. The number of rotatable bonds is 4. The number of anilines is 1. The van der Waals surface area contributed by atoms with Crippen LogP contribution in [0.15, 0.2) is 29.2 Å². The van der Waals surface area contributed by atoms with E-state index in [9.17, 15) is 8.42 Å². The SMILES string of the molecule is CC#CCCNS(=O)(=O)c1ccc(N)cc1. The number of sulfonamides is 1. The molecule has 0 radical (unpaired) electrons. The van der Waals surface area contributed by atoms with Gasteiger partial charge < -0.3 is 5.73 Å². The van der Waals surface area contributed by atoms with Crippen LogP contribution in [0, 0.1) is 11.8 Å². The van der Waals surface area contributed by atoms with Gasteiger partial charge in [-0.05, 0) is 31.2 Å². The summed E-state index contributed by atoms with van der Waals surface area (Å²) < 4.78 is 25.9. The normalized spacial score (nSPS) is 10.6. The van der Waals surface area contributed by atoms with E-state index in [1.165, 1.54) is 12.1 Å². The Balaban J connectivity index is 2.69. The zero-order chi connectivity index (χ0) is 12.0. The van der Waals surface area contributed by atoms with Crippen LogP contribution < -0.4 is 10.5 Å². The van der Waals surface area contributed by atoms with Crippen LogP contribution in [-0.2, 0) is 10.0 Å². The molecule has 86 valence electrons. The van der Waals surface area contributed by atoms with Gasteiger partial charge in [0.15, 0.2) is 0 Å². The van der Waals surface area contributed by atoms with Gasteiger partial charge in [-0.3, -0.25) is 0 Å². The van der Waals surface area contributed by atoms with Crippen molar-refractivity contribution in [2.24, 2.45) is 0 Å². The van der Waals surface area contributed by atoms with Crippen molar-refractivity contribution in [3.63, 3.8) is 0 Å². The van der Waals surface area contributed by atoms with E-state index in [-0.39, 0.29) is 4.90 Å². The van der Waals surface area contributed by atoms with Gasteiger partial charge in [-0.2, -0.15) is 0 Å². The van der Waals surface area contributed by atoms with Crippen molar-refractivity contribution in [1.82, 2.24) is 4.72 Å². The summed E-state index contributed by atoms with van der Waals surface area (Å²) in [6.45, 7) is 2.03. The Kier molecular flexibility index (Phi) is 4.35. The summed E-state index contributed by atoms with van der Waals surface area (Å²) in [4.78, 5) is 0.214. The Bertz CT molecular complexity index is 495. The summed E-state index contributed by atoms with van der Waals surface area (Å²) in [6, 6.07) is 6.06. The van der Waals surface area contributed by atoms with Gasteiger partial charge >= 0.3 is 0 Å². The summed E-state index contributed by atoms with van der Waals surface area (Å²) in [7, 11) is -3.43. The van der Waals surface area contributed by atoms with Crippen LogP contribution in [0.25, 0.3) is 0 Å². The minimum Gasteiger partial charge on any atom is -0.399 e. The Morgan fingerprint density at radius 2 is 1.94 bits per heavy atom. The van der Waals surface area contributed by atoms with Crippen molar-refractivity contribution in [3.8, 4) is 11.8 Å². The third-order valence-corrected chi connectivity index (χ3v) is 3.39. The van der Waals surface area contributed by atoms with Gasteiger partial charge in [0.25, 0.3) is 0 Å². The van der Waals surface area contributed by atoms with Crippen LogP contribution in [0.3, 0.4) is 0 Å². The molecule has 3 N–H and O–H groups in total. The zero-order valence-corrected chi connectivity index (χ0v) is 9.84. The zero-order valence-electron chi connectivity index (χ0n) is 9.03. The second-order valence-corrected chi connectivity index (χ2v) is 4.91. The number of hydrogen-bond acceptors (Lipinski definition) is 3. The average Bonchev–Trinajstić information content (AvgIpc) is 2.25. The largest absolute Gasteiger partial charge is 0.399 e. The minimum absolute atomic E-state index is 0.214. The highest BCUT2D eigenvalue weighted by Gasteiger charge is 2.11. The number of benzene rings is 1. The quantitative estimate of drug-likeness (QED) is 0.466. The smallest absolute Gasteiger partial charge is 0.240 e. The van der Waals surface area contributed by atoms with Crippen molar-refractivity contribution in [1.29, 1.82) is 0 Å². The summed E-state index contributed by atoms with van der Waals surface area (Å²) in [5, 5.41) is 0. The lowest BCUT2D eigenvalue weighted by molar-refractivity contribution is 0.582. The maximum absolute atomic E-state index is 11.7. The molecule has 1 rings (SSSR count). The van der Waals surface area contributed by atoms with Crippen molar-refractivity contribution in [2.75, 3.05) is 12.3 Å². The molecule has 0 unspecified atom stereocenters. The molecule has 0 aromatic heterocycles. The van der Waals surface area contributed by atoms with Gasteiger partial charge in [0.2, 0.25) is 10.0 Å². The molecular weight excluding hydrogens is 224 g/mol. The summed E-state index contributed by atoms with van der Waals surface area (Å²) in [5.74, 6) is 5.48. The molecule has 0 spiro atoms. The van der Waals surface area contributed by atoms with Gasteiger partial charge in [0.05, 0.1) is 4.90 Å². The van der Waals surface area contributed by atoms with E-state index in [0.717, 1.165) is 0 Å². The Morgan fingerprint density at radius 1 is 1.31 bits per heavy atom. The van der Waals surface area contributed by atoms with Crippen LogP contribution in [0.2, 0.25) is 0 Å². The third-order valence-electron chi connectivity index (χ3n) is 1.91. The van der Waals surface area contributed by atoms with E-state index in [1.54, 1.807) is 19.1 Å². The lowest BCUT2D eigenvalue weighted by Gasteiger charge is -2.05. The van der Waals surface area contributed by atoms with Crippen LogP contribution in [0.4, 0.5) is 5.69 Å². The Labute approximate surface area is 95.9 Å². The van der Waals surface area contributed by atoms with E-state index in [4.69, 9.17) is 5.73 Å². The molecule has 0 aliphatic heterocycles. The van der Waals surface area contributed by atoms with Crippen LogP contribution >= 0.6 is 0 Å². The van der Waals surface area contributed by atoms with E-state index in [2.05, 4.69) is 16.6 Å². The Hall–Kier alpha value is -1.51. The van der Waals surface area contributed by atoms with Gasteiger partial charge in [0.1, 0.15) is 0 Å². The van der Waals surface area contributed by atoms with Crippen LogP contribution in [-0.4, -0.2) is 15.0 Å². The van der Waals surface area contributed by atoms with Gasteiger partial charge in [-0.1, -0.05) is 0 Å². The van der Waals surface area contributed by atoms with Crippen LogP contribution in [0.5, 0.6) is 0 Å². The fraction of sp³-hybridized carbons (Fsp3) is 0.273. The molecule has 0 fully saturated rings. The monoisotopic (exact) mass is 238 g/mol. The number of hydrogen-bond donors (Lipinski definition) is 2. The molecule has 0 aliphatic carbocycles. The molecule has 1 aromatic carbocycles. The van der Waals surface area contributed by atoms with Gasteiger partial charge in [-0.25, -0.2) is 13.1 Å². The standard InChI is InChI=1S/C11H14N2O2S/c1-2-3-4-9-13-16(14,15)11-7-5-10(12)6-8-11/h5-8,13H,4,9,12H2,1H3. The average molecular weight is 238 g/mol. The number of nitrogens with two attached hydrogens (primary N) is 1. The summed E-state index contributed by atoms with van der Waals surface area (Å²) in [5.41, 5.74) is 6.01. The molecule has 4 nitrogen and oxygen atoms in total. The maximum atomic E-state index is 11.7. The van der Waals surface area contributed by atoms with E-state index >= 15 is 0 Å². The molecule has 5 heteroatoms. The predicted molar refractivity (Wildman–Crippen MR) is 64.1 cm³/mol. The first-order valence-corrected chi connectivity index (χ1v) is 6.29. The van der Waals surface area contributed by atoms with Gasteiger partial charge in [-0.15, -0.1) is 11.8 Å². The molecule has 0 aliphatic rings. The highest BCUT2D eigenvalue weighted by molar-refractivity contribution is 7.89. The second kappa shape index (κ2) is 5.54. The summed E-state index contributed by atoms with van der Waals surface area (Å²) in [6.07, 6.45) is 0.505. The molecule has 0 atom stereocenters. The molecule has 0 saturated heterocycles. The molecule has 0 bridgehead atoms. The van der Waals surface area contributed by atoms with E-state index in [0.29, 0.717) is 18.7 Å². The maximum Gasteiger partial charge on any atom is 0.240 e. The van der Waals surface area contributed by atoms with Crippen molar-refractivity contribution < 1.29 is 8.42 Å². The topological polar surface area (TPSA) is 72.2 Å². The highest BCUT2D eigenvalue weighted by Crippen LogP contribution is 2.10. The van der Waals surface area contributed by atoms with E-state index < -0.39 is 10.0 Å². The molecule has 0 heterocycles. The number of nitrogen functional groups attached to an aromatic ring is 1. The lowest BCUT2D eigenvalue weighted by atomic mass is 10.3. The fourth-order valence-electron chi connectivity index (χ4n) is 1.10.